The minimum atomic E-state index is -0.202. The average Bonchev–Trinajstić information content (AvgIpc) is 2.52. The quantitative estimate of drug-likeness (QED) is 0.872. The van der Waals surface area contributed by atoms with Crippen molar-refractivity contribution in [2.75, 3.05) is 33.7 Å². The van der Waals surface area contributed by atoms with Crippen molar-refractivity contribution >= 4 is 5.91 Å². The fourth-order valence-corrected chi connectivity index (χ4v) is 2.88. The zero-order valence-electron chi connectivity index (χ0n) is 14.4. The molecule has 1 heterocycles. The second-order valence-electron chi connectivity index (χ2n) is 6.76. The predicted molar refractivity (Wildman–Crippen MR) is 90.6 cm³/mol. The highest BCUT2D eigenvalue weighted by Gasteiger charge is 2.26. The molecule has 0 aromatic heterocycles. The summed E-state index contributed by atoms with van der Waals surface area (Å²) >= 11 is 0. The van der Waals surface area contributed by atoms with Crippen LogP contribution in [0.15, 0.2) is 24.3 Å². The second kappa shape index (κ2) is 8.41. The molecule has 1 N–H and O–H groups in total. The molecule has 0 saturated carbocycles. The van der Waals surface area contributed by atoms with E-state index in [1.807, 2.05) is 20.2 Å². The molecule has 1 fully saturated rings. The zero-order valence-corrected chi connectivity index (χ0v) is 14.4. The van der Waals surface area contributed by atoms with Gasteiger partial charge in [0.05, 0.1) is 5.92 Å². The van der Waals surface area contributed by atoms with Gasteiger partial charge < -0.3 is 10.2 Å². The number of carbonyl (C=O) groups is 1. The molecular formula is C18H28FN3O. The normalized spacial score (nSPS) is 20.5. The summed E-state index contributed by atoms with van der Waals surface area (Å²) in [5.74, 6) is -0.0270. The van der Waals surface area contributed by atoms with Crippen molar-refractivity contribution in [3.05, 3.63) is 35.6 Å². The van der Waals surface area contributed by atoms with Crippen LogP contribution < -0.4 is 5.32 Å². The Labute approximate surface area is 138 Å². The lowest BCUT2D eigenvalue weighted by Crippen LogP contribution is -2.45. The summed E-state index contributed by atoms with van der Waals surface area (Å²) in [5, 5.41) is 3.06. The van der Waals surface area contributed by atoms with Gasteiger partial charge in [-0.3, -0.25) is 9.69 Å². The van der Waals surface area contributed by atoms with Crippen LogP contribution in [0.1, 0.15) is 25.3 Å². The van der Waals surface area contributed by atoms with Crippen molar-refractivity contribution in [3.63, 3.8) is 0 Å². The number of hydrogen-bond donors (Lipinski definition) is 1. The number of benzene rings is 1. The van der Waals surface area contributed by atoms with Crippen molar-refractivity contribution in [1.82, 2.24) is 15.1 Å². The van der Waals surface area contributed by atoms with Gasteiger partial charge in [0, 0.05) is 25.7 Å². The average molecular weight is 321 g/mol. The van der Waals surface area contributed by atoms with E-state index in [1.54, 1.807) is 12.1 Å². The summed E-state index contributed by atoms with van der Waals surface area (Å²) < 4.78 is 13.3. The van der Waals surface area contributed by atoms with Gasteiger partial charge in [0.15, 0.2) is 0 Å². The maximum atomic E-state index is 13.3. The molecule has 0 spiro atoms. The topological polar surface area (TPSA) is 35.6 Å². The largest absolute Gasteiger partial charge is 0.354 e. The van der Waals surface area contributed by atoms with Crippen molar-refractivity contribution in [3.8, 4) is 0 Å². The predicted octanol–water partition coefficient (Wildman–Crippen LogP) is 2.10. The number of piperidine rings is 1. The third kappa shape index (κ3) is 5.59. The second-order valence-corrected chi connectivity index (χ2v) is 6.76. The molecule has 0 radical (unpaired) electrons. The molecule has 5 heteroatoms. The third-order valence-electron chi connectivity index (χ3n) is 4.62. The number of halogens is 1. The van der Waals surface area contributed by atoms with Crippen molar-refractivity contribution in [2.45, 2.75) is 32.4 Å². The van der Waals surface area contributed by atoms with Crippen LogP contribution in [0.5, 0.6) is 0 Å². The van der Waals surface area contributed by atoms with Gasteiger partial charge in [0.1, 0.15) is 5.82 Å². The summed E-state index contributed by atoms with van der Waals surface area (Å²) in [4.78, 5) is 16.7. The maximum Gasteiger partial charge on any atom is 0.224 e. The van der Waals surface area contributed by atoms with Gasteiger partial charge in [0.25, 0.3) is 0 Å². The van der Waals surface area contributed by atoms with Crippen LogP contribution in [0.25, 0.3) is 0 Å². The number of carbonyl (C=O) groups excluding carboxylic acids is 1. The van der Waals surface area contributed by atoms with Crippen molar-refractivity contribution in [2.24, 2.45) is 5.92 Å². The van der Waals surface area contributed by atoms with E-state index in [4.69, 9.17) is 0 Å². The molecule has 1 aromatic rings. The molecule has 1 aliphatic heterocycles. The van der Waals surface area contributed by atoms with E-state index in [1.165, 1.54) is 6.07 Å². The number of likely N-dealkylation sites (tertiary alicyclic amines) is 1. The molecule has 4 nitrogen and oxygen atoms in total. The van der Waals surface area contributed by atoms with Gasteiger partial charge in [-0.25, -0.2) is 4.39 Å². The Kier molecular flexibility index (Phi) is 6.54. The van der Waals surface area contributed by atoms with Gasteiger partial charge in [-0.05, 0) is 58.1 Å². The van der Waals surface area contributed by atoms with Crippen molar-refractivity contribution < 1.29 is 9.18 Å². The highest BCUT2D eigenvalue weighted by molar-refractivity contribution is 5.79. The van der Waals surface area contributed by atoms with Crippen LogP contribution in [0.2, 0.25) is 0 Å². The minimum Gasteiger partial charge on any atom is -0.354 e. The molecule has 0 unspecified atom stereocenters. The van der Waals surface area contributed by atoms with Gasteiger partial charge >= 0.3 is 0 Å². The Morgan fingerprint density at radius 1 is 1.48 bits per heavy atom. The van der Waals surface area contributed by atoms with E-state index in [0.717, 1.165) is 31.5 Å². The summed E-state index contributed by atoms with van der Waals surface area (Å²) in [6, 6.07) is 7.03. The molecule has 2 rings (SSSR count). The van der Waals surface area contributed by atoms with E-state index >= 15 is 0 Å². The Morgan fingerprint density at radius 2 is 2.26 bits per heavy atom. The molecule has 1 aliphatic rings. The molecule has 1 amide bonds. The van der Waals surface area contributed by atoms with Crippen LogP contribution in [-0.2, 0) is 11.3 Å². The molecule has 128 valence electrons. The molecule has 2 atom stereocenters. The van der Waals surface area contributed by atoms with E-state index in [2.05, 4.69) is 22.0 Å². The molecular weight excluding hydrogens is 293 g/mol. The summed E-state index contributed by atoms with van der Waals surface area (Å²) in [5.41, 5.74) is 0.965. The van der Waals surface area contributed by atoms with Gasteiger partial charge in [-0.2, -0.15) is 0 Å². The summed E-state index contributed by atoms with van der Waals surface area (Å²) in [7, 11) is 4.02. The SMILES string of the molecule is C[C@@H](CNC(=O)[C@@H]1CCCN(Cc2cccc(F)c2)C1)N(C)C. The van der Waals surface area contributed by atoms with E-state index in [0.29, 0.717) is 19.1 Å². The van der Waals surface area contributed by atoms with Crippen LogP contribution in [0, 0.1) is 11.7 Å². The first-order chi connectivity index (χ1) is 11.0. The number of nitrogens with zero attached hydrogens (tertiary/aromatic N) is 2. The Bertz CT molecular complexity index is 521. The van der Waals surface area contributed by atoms with E-state index < -0.39 is 0 Å². The van der Waals surface area contributed by atoms with Crippen molar-refractivity contribution in [1.29, 1.82) is 0 Å². The molecule has 23 heavy (non-hydrogen) atoms. The fourth-order valence-electron chi connectivity index (χ4n) is 2.88. The van der Waals surface area contributed by atoms with Crippen LogP contribution in [0.4, 0.5) is 4.39 Å². The first kappa shape index (κ1) is 17.9. The van der Waals surface area contributed by atoms with Gasteiger partial charge in [0.2, 0.25) is 5.91 Å². The van der Waals surface area contributed by atoms with Crippen LogP contribution in [0.3, 0.4) is 0 Å². The lowest BCUT2D eigenvalue weighted by molar-refractivity contribution is -0.127. The molecule has 0 aliphatic carbocycles. The highest BCUT2D eigenvalue weighted by Crippen LogP contribution is 2.19. The summed E-state index contributed by atoms with van der Waals surface area (Å²) in [6.07, 6.45) is 1.94. The first-order valence-electron chi connectivity index (χ1n) is 8.36. The molecule has 1 aromatic carbocycles. The Balaban J connectivity index is 1.84. The van der Waals surface area contributed by atoms with Gasteiger partial charge in [-0.15, -0.1) is 0 Å². The number of likely N-dealkylation sites (N-methyl/N-ethyl adjacent to an activating group) is 1. The Hall–Kier alpha value is -1.46. The Morgan fingerprint density at radius 3 is 2.96 bits per heavy atom. The molecule has 1 saturated heterocycles. The number of nitrogens with one attached hydrogen (secondary N) is 1. The van der Waals surface area contributed by atoms with Crippen LogP contribution >= 0.6 is 0 Å². The minimum absolute atomic E-state index is 0.0340. The smallest absolute Gasteiger partial charge is 0.224 e. The number of rotatable bonds is 6. The fraction of sp³-hybridized carbons (Fsp3) is 0.611. The first-order valence-corrected chi connectivity index (χ1v) is 8.36. The summed E-state index contributed by atoms with van der Waals surface area (Å²) in [6.45, 7) is 5.19. The number of amides is 1. The van der Waals surface area contributed by atoms with Gasteiger partial charge in [-0.1, -0.05) is 12.1 Å². The monoisotopic (exact) mass is 321 g/mol. The lowest BCUT2D eigenvalue weighted by atomic mass is 9.96. The van der Waals surface area contributed by atoms with E-state index in [-0.39, 0.29) is 17.6 Å². The third-order valence-corrected chi connectivity index (χ3v) is 4.62. The highest BCUT2D eigenvalue weighted by atomic mass is 19.1. The lowest BCUT2D eigenvalue weighted by Gasteiger charge is -2.32. The standard InChI is InChI=1S/C18H28FN3O/c1-14(21(2)3)11-20-18(23)16-7-5-9-22(13-16)12-15-6-4-8-17(19)10-15/h4,6,8,10,14,16H,5,7,9,11-13H2,1-3H3,(H,20,23)/t14-,16+/m0/s1. The number of hydrogen-bond acceptors (Lipinski definition) is 3. The van der Waals surface area contributed by atoms with Crippen LogP contribution in [-0.4, -0.2) is 55.5 Å². The molecule has 0 bridgehead atoms. The zero-order chi connectivity index (χ0) is 16.8. The maximum absolute atomic E-state index is 13.3. The van der Waals surface area contributed by atoms with E-state index in [9.17, 15) is 9.18 Å².